The second kappa shape index (κ2) is 6.73. The van der Waals surface area contributed by atoms with Gasteiger partial charge in [-0.05, 0) is 37.3 Å². The van der Waals surface area contributed by atoms with E-state index in [4.69, 9.17) is 4.52 Å². The SMILES string of the molecule is CCC(C)OP(=O)(O)CC(=O)NC1CCc2ccccc21. The highest BCUT2D eigenvalue weighted by Crippen LogP contribution is 2.43. The zero-order valence-corrected chi connectivity index (χ0v) is 13.3. The molecule has 0 radical (unpaired) electrons. The number of nitrogens with one attached hydrogen (secondary N) is 1. The van der Waals surface area contributed by atoms with Crippen LogP contribution in [0.25, 0.3) is 0 Å². The van der Waals surface area contributed by atoms with E-state index >= 15 is 0 Å². The summed E-state index contributed by atoms with van der Waals surface area (Å²) >= 11 is 0. The van der Waals surface area contributed by atoms with Crippen molar-refractivity contribution in [2.24, 2.45) is 0 Å². The lowest BCUT2D eigenvalue weighted by Crippen LogP contribution is -2.30. The number of amides is 1. The quantitative estimate of drug-likeness (QED) is 0.792. The molecule has 0 heterocycles. The molecule has 0 aromatic heterocycles. The molecule has 2 rings (SSSR count). The third-order valence-electron chi connectivity index (χ3n) is 3.73. The van der Waals surface area contributed by atoms with Crippen molar-refractivity contribution in [2.45, 2.75) is 45.3 Å². The summed E-state index contributed by atoms with van der Waals surface area (Å²) in [5.74, 6) is -0.439. The fourth-order valence-corrected chi connectivity index (χ4v) is 3.76. The zero-order valence-electron chi connectivity index (χ0n) is 12.4. The van der Waals surface area contributed by atoms with E-state index < -0.39 is 19.7 Å². The minimum Gasteiger partial charge on any atom is -0.349 e. The highest BCUT2D eigenvalue weighted by Gasteiger charge is 2.29. The second-order valence-corrected chi connectivity index (χ2v) is 7.28. The van der Waals surface area contributed by atoms with Crippen LogP contribution in [-0.2, 0) is 20.3 Å². The molecular weight excluding hydrogens is 289 g/mol. The van der Waals surface area contributed by atoms with Gasteiger partial charge >= 0.3 is 7.60 Å². The number of benzene rings is 1. The Hall–Kier alpha value is -1.16. The van der Waals surface area contributed by atoms with E-state index in [-0.39, 0.29) is 12.1 Å². The van der Waals surface area contributed by atoms with Gasteiger partial charge in [-0.3, -0.25) is 9.36 Å². The van der Waals surface area contributed by atoms with Gasteiger partial charge in [0.2, 0.25) is 5.91 Å². The molecule has 3 unspecified atom stereocenters. The summed E-state index contributed by atoms with van der Waals surface area (Å²) in [4.78, 5) is 21.7. The van der Waals surface area contributed by atoms with E-state index in [9.17, 15) is 14.3 Å². The Morgan fingerprint density at radius 3 is 2.95 bits per heavy atom. The Bertz CT molecular complexity index is 560. The van der Waals surface area contributed by atoms with Crippen molar-refractivity contribution >= 4 is 13.5 Å². The van der Waals surface area contributed by atoms with Crippen LogP contribution in [0.5, 0.6) is 0 Å². The minimum atomic E-state index is -3.87. The van der Waals surface area contributed by atoms with E-state index in [1.54, 1.807) is 6.92 Å². The third kappa shape index (κ3) is 4.40. The molecule has 0 aliphatic heterocycles. The number of hydrogen-bond acceptors (Lipinski definition) is 3. The van der Waals surface area contributed by atoms with Crippen LogP contribution in [-0.4, -0.2) is 23.1 Å². The lowest BCUT2D eigenvalue weighted by Gasteiger charge is -2.18. The van der Waals surface area contributed by atoms with Crippen LogP contribution in [0.4, 0.5) is 0 Å². The molecule has 1 aliphatic carbocycles. The van der Waals surface area contributed by atoms with Crippen molar-refractivity contribution in [3.63, 3.8) is 0 Å². The molecule has 0 saturated heterocycles. The summed E-state index contributed by atoms with van der Waals surface area (Å²) in [7, 11) is -3.87. The molecule has 1 aromatic rings. The average molecular weight is 311 g/mol. The van der Waals surface area contributed by atoms with Gasteiger partial charge in [0.05, 0.1) is 12.1 Å². The monoisotopic (exact) mass is 311 g/mol. The zero-order chi connectivity index (χ0) is 15.5. The van der Waals surface area contributed by atoms with Crippen LogP contribution in [0, 0.1) is 0 Å². The lowest BCUT2D eigenvalue weighted by atomic mass is 10.1. The molecule has 1 aliphatic rings. The molecule has 2 N–H and O–H groups in total. The molecule has 3 atom stereocenters. The van der Waals surface area contributed by atoms with E-state index in [0.717, 1.165) is 18.4 Å². The standard InChI is InChI=1S/C15H22NO4P/c1-3-11(2)20-21(18,19)10-15(17)16-14-9-8-12-6-4-5-7-13(12)14/h4-7,11,14H,3,8-10H2,1-2H3,(H,16,17)(H,18,19). The molecule has 0 spiro atoms. The first-order chi connectivity index (χ1) is 9.91. The largest absolute Gasteiger partial charge is 0.349 e. The number of rotatable bonds is 6. The maximum absolute atomic E-state index is 12.0. The molecule has 5 nitrogen and oxygen atoms in total. The highest BCUT2D eigenvalue weighted by atomic mass is 31.2. The van der Waals surface area contributed by atoms with Gasteiger partial charge in [0.15, 0.2) is 0 Å². The summed E-state index contributed by atoms with van der Waals surface area (Å²) < 4.78 is 16.9. The number of carbonyl (C=O) groups is 1. The Morgan fingerprint density at radius 2 is 2.24 bits per heavy atom. The Kier molecular flexibility index (Phi) is 5.20. The number of aryl methyl sites for hydroxylation is 1. The van der Waals surface area contributed by atoms with Crippen molar-refractivity contribution < 1.29 is 18.8 Å². The fourth-order valence-electron chi connectivity index (χ4n) is 2.52. The van der Waals surface area contributed by atoms with Gasteiger partial charge in [0, 0.05) is 0 Å². The van der Waals surface area contributed by atoms with Crippen LogP contribution >= 0.6 is 7.60 Å². The lowest BCUT2D eigenvalue weighted by molar-refractivity contribution is -0.119. The summed E-state index contributed by atoms with van der Waals surface area (Å²) in [5, 5.41) is 2.83. The molecule has 6 heteroatoms. The fraction of sp³-hybridized carbons (Fsp3) is 0.533. The smallest absolute Gasteiger partial charge is 0.337 e. The molecule has 21 heavy (non-hydrogen) atoms. The molecule has 1 amide bonds. The van der Waals surface area contributed by atoms with Gasteiger partial charge in [-0.2, -0.15) is 0 Å². The summed E-state index contributed by atoms with van der Waals surface area (Å²) in [5.41, 5.74) is 2.33. The maximum atomic E-state index is 12.0. The highest BCUT2D eigenvalue weighted by molar-refractivity contribution is 7.53. The number of fused-ring (bicyclic) bond motifs is 1. The molecule has 0 saturated carbocycles. The second-order valence-electron chi connectivity index (χ2n) is 5.48. The predicted octanol–water partition coefficient (Wildman–Crippen LogP) is 2.79. The van der Waals surface area contributed by atoms with Crippen LogP contribution in [0.1, 0.15) is 43.9 Å². The van der Waals surface area contributed by atoms with Gasteiger partial charge in [-0.15, -0.1) is 0 Å². The van der Waals surface area contributed by atoms with Crippen molar-refractivity contribution in [1.82, 2.24) is 5.32 Å². The van der Waals surface area contributed by atoms with Crippen molar-refractivity contribution in [3.05, 3.63) is 35.4 Å². The van der Waals surface area contributed by atoms with E-state index in [1.807, 2.05) is 31.2 Å². The maximum Gasteiger partial charge on any atom is 0.337 e. The topological polar surface area (TPSA) is 75.6 Å². The summed E-state index contributed by atoms with van der Waals surface area (Å²) in [6.07, 6.45) is 1.55. The first kappa shape index (κ1) is 16.2. The van der Waals surface area contributed by atoms with E-state index in [2.05, 4.69) is 5.32 Å². The molecular formula is C15H22NO4P. The minimum absolute atomic E-state index is 0.0719. The first-order valence-corrected chi connectivity index (χ1v) is 9.05. The Labute approximate surface area is 125 Å². The van der Waals surface area contributed by atoms with Gasteiger partial charge in [0.25, 0.3) is 0 Å². The van der Waals surface area contributed by atoms with Crippen LogP contribution in [0.2, 0.25) is 0 Å². The molecule has 0 bridgehead atoms. The van der Waals surface area contributed by atoms with Gasteiger partial charge in [-0.25, -0.2) is 0 Å². The van der Waals surface area contributed by atoms with Crippen molar-refractivity contribution in [3.8, 4) is 0 Å². The average Bonchev–Trinajstić information content (AvgIpc) is 2.80. The summed E-state index contributed by atoms with van der Waals surface area (Å²) in [6.45, 7) is 3.58. The summed E-state index contributed by atoms with van der Waals surface area (Å²) in [6, 6.07) is 7.88. The van der Waals surface area contributed by atoms with E-state index in [0.29, 0.717) is 6.42 Å². The van der Waals surface area contributed by atoms with Crippen LogP contribution < -0.4 is 5.32 Å². The van der Waals surface area contributed by atoms with Crippen molar-refractivity contribution in [2.75, 3.05) is 6.16 Å². The number of carbonyl (C=O) groups excluding carboxylic acids is 1. The Balaban J connectivity index is 1.93. The van der Waals surface area contributed by atoms with Crippen LogP contribution in [0.15, 0.2) is 24.3 Å². The van der Waals surface area contributed by atoms with Gasteiger partial charge in [-0.1, -0.05) is 31.2 Å². The predicted molar refractivity (Wildman–Crippen MR) is 81.2 cm³/mol. The number of hydrogen-bond donors (Lipinski definition) is 2. The normalized spacial score (nSPS) is 21.4. The van der Waals surface area contributed by atoms with Crippen molar-refractivity contribution in [1.29, 1.82) is 0 Å². The first-order valence-electron chi connectivity index (χ1n) is 7.28. The third-order valence-corrected chi connectivity index (χ3v) is 5.11. The molecule has 116 valence electrons. The Morgan fingerprint density at radius 1 is 1.52 bits per heavy atom. The van der Waals surface area contributed by atoms with Gasteiger partial charge in [0.1, 0.15) is 6.16 Å². The van der Waals surface area contributed by atoms with Crippen LogP contribution in [0.3, 0.4) is 0 Å². The molecule has 1 aromatic carbocycles. The molecule has 0 fully saturated rings. The van der Waals surface area contributed by atoms with E-state index in [1.165, 1.54) is 5.56 Å². The van der Waals surface area contributed by atoms with Gasteiger partial charge < -0.3 is 14.7 Å².